The Bertz CT molecular complexity index is 657. The number of esters is 1. The Morgan fingerprint density at radius 3 is 2.39 bits per heavy atom. The van der Waals surface area contributed by atoms with Crippen LogP contribution < -0.4 is 0 Å². The zero-order chi connectivity index (χ0) is 20.6. The smallest absolute Gasteiger partial charge is 0.339 e. The summed E-state index contributed by atoms with van der Waals surface area (Å²) in [5.74, 6) is -0.696. The van der Waals surface area contributed by atoms with E-state index in [0.29, 0.717) is 5.57 Å². The number of hydrogen-bond donors (Lipinski definition) is 5. The predicted octanol–water partition coefficient (Wildman–Crippen LogP) is -2.71. The van der Waals surface area contributed by atoms with Crippen molar-refractivity contribution in [1.29, 1.82) is 0 Å². The quantitative estimate of drug-likeness (QED) is 0.309. The molecule has 3 rings (SSSR count). The van der Waals surface area contributed by atoms with E-state index in [2.05, 4.69) is 0 Å². The summed E-state index contributed by atoms with van der Waals surface area (Å²) in [4.78, 5) is 12.1. The Hall–Kier alpha value is -1.41. The number of aliphatic hydroxyl groups excluding tert-OH is 5. The summed E-state index contributed by atoms with van der Waals surface area (Å²) < 4.78 is 26.7. The minimum atomic E-state index is -1.64. The van der Waals surface area contributed by atoms with E-state index in [1.807, 2.05) is 0 Å². The Morgan fingerprint density at radius 2 is 1.79 bits per heavy atom. The third-order valence-corrected chi connectivity index (χ3v) is 4.89. The van der Waals surface area contributed by atoms with E-state index in [1.54, 1.807) is 13.0 Å². The summed E-state index contributed by atoms with van der Waals surface area (Å²) in [5, 5.41) is 49.6. The highest BCUT2D eigenvalue weighted by molar-refractivity contribution is 5.93. The maximum atomic E-state index is 12.1. The van der Waals surface area contributed by atoms with Crippen LogP contribution in [0.1, 0.15) is 6.92 Å². The molecule has 1 fully saturated rings. The van der Waals surface area contributed by atoms with Gasteiger partial charge in [0.2, 0.25) is 0 Å². The molecule has 3 heterocycles. The van der Waals surface area contributed by atoms with Crippen molar-refractivity contribution in [1.82, 2.24) is 0 Å². The number of cyclic esters (lactones) is 1. The lowest BCUT2D eigenvalue weighted by molar-refractivity contribution is -0.343. The van der Waals surface area contributed by atoms with Crippen LogP contribution in [0.3, 0.4) is 0 Å². The Morgan fingerprint density at radius 1 is 1.07 bits per heavy atom. The number of carbonyl (C=O) groups excluding carboxylic acids is 1. The zero-order valence-electron chi connectivity index (χ0n) is 15.3. The first-order valence-corrected chi connectivity index (χ1v) is 8.74. The largest absolute Gasteiger partial charge is 0.459 e. The molecule has 0 aromatic carbocycles. The van der Waals surface area contributed by atoms with Crippen molar-refractivity contribution in [3.63, 3.8) is 0 Å². The molecule has 8 atom stereocenters. The first kappa shape index (κ1) is 21.3. The van der Waals surface area contributed by atoms with Gasteiger partial charge in [-0.15, -0.1) is 0 Å². The van der Waals surface area contributed by atoms with Crippen LogP contribution in [0, 0.1) is 0 Å². The van der Waals surface area contributed by atoms with Gasteiger partial charge in [-0.25, -0.2) is 4.79 Å². The van der Waals surface area contributed by atoms with E-state index in [-0.39, 0.29) is 17.8 Å². The highest BCUT2D eigenvalue weighted by atomic mass is 16.8. The molecule has 11 nitrogen and oxygen atoms in total. The van der Waals surface area contributed by atoms with Gasteiger partial charge in [0.25, 0.3) is 0 Å². The fraction of sp³-hybridized carbons (Fsp3) is 0.706. The van der Waals surface area contributed by atoms with Crippen LogP contribution in [0.15, 0.2) is 22.8 Å². The lowest BCUT2D eigenvalue weighted by atomic mass is 9.90. The van der Waals surface area contributed by atoms with Crippen molar-refractivity contribution in [3.8, 4) is 0 Å². The summed E-state index contributed by atoms with van der Waals surface area (Å²) >= 11 is 0. The van der Waals surface area contributed by atoms with E-state index in [0.717, 1.165) is 0 Å². The molecule has 0 aromatic heterocycles. The second kappa shape index (κ2) is 8.53. The van der Waals surface area contributed by atoms with Crippen LogP contribution in [0.25, 0.3) is 0 Å². The first-order chi connectivity index (χ1) is 13.3. The number of methoxy groups -OCH3 is 1. The number of carbonyl (C=O) groups is 1. The molecule has 11 heteroatoms. The SMILES string of the molecule is C/C=C1\C2=C(C(=O)OC[C@@H]2O)[C@@H](OC)O[C@H]1O[C@@H]1O[C@H](CO)[C@@H](O)[C@H](O)[C@H]1O. The van der Waals surface area contributed by atoms with Gasteiger partial charge in [-0.2, -0.15) is 0 Å². The first-order valence-electron chi connectivity index (χ1n) is 8.74. The standard InChI is InChI=1S/C17H24O11/c1-3-6-9-7(19)5-25-14(23)10(9)16(24-2)27-15(6)28-17-13(22)12(21)11(20)8(4-18)26-17/h3,7-8,11-13,15-22H,4-5H2,1-2H3/b6-3+/t7-,8+,11+,12-,13+,15-,16-,17-/m0/s1. The zero-order valence-corrected chi connectivity index (χ0v) is 15.3. The van der Waals surface area contributed by atoms with Crippen LogP contribution in [0.2, 0.25) is 0 Å². The minimum absolute atomic E-state index is 0.00278. The molecule has 0 radical (unpaired) electrons. The number of ether oxygens (including phenoxy) is 5. The average molecular weight is 404 g/mol. The molecule has 0 bridgehead atoms. The van der Waals surface area contributed by atoms with Gasteiger partial charge in [0.1, 0.15) is 37.1 Å². The van der Waals surface area contributed by atoms with Gasteiger partial charge in [0.05, 0.1) is 12.2 Å². The molecule has 0 aliphatic carbocycles. The van der Waals surface area contributed by atoms with Gasteiger partial charge >= 0.3 is 5.97 Å². The van der Waals surface area contributed by atoms with E-state index in [1.165, 1.54) is 7.11 Å². The third-order valence-electron chi connectivity index (χ3n) is 4.89. The van der Waals surface area contributed by atoms with Crippen LogP contribution in [0.4, 0.5) is 0 Å². The van der Waals surface area contributed by atoms with E-state index >= 15 is 0 Å². The average Bonchev–Trinajstić information content (AvgIpc) is 2.70. The molecule has 158 valence electrons. The Balaban J connectivity index is 1.89. The molecule has 0 unspecified atom stereocenters. The van der Waals surface area contributed by atoms with Crippen molar-refractivity contribution >= 4 is 5.97 Å². The van der Waals surface area contributed by atoms with Crippen LogP contribution in [0.5, 0.6) is 0 Å². The van der Waals surface area contributed by atoms with Gasteiger partial charge in [0, 0.05) is 18.3 Å². The Labute approximate surface area is 160 Å². The van der Waals surface area contributed by atoms with Crippen molar-refractivity contribution < 1.29 is 54.0 Å². The normalized spacial score (nSPS) is 43.1. The Kier molecular flexibility index (Phi) is 6.49. The molecular weight excluding hydrogens is 380 g/mol. The molecule has 0 amide bonds. The molecule has 0 aromatic rings. The van der Waals surface area contributed by atoms with Crippen LogP contribution >= 0.6 is 0 Å². The van der Waals surface area contributed by atoms with Gasteiger partial charge in [-0.05, 0) is 6.92 Å². The minimum Gasteiger partial charge on any atom is -0.459 e. The van der Waals surface area contributed by atoms with Gasteiger partial charge in [-0.1, -0.05) is 6.08 Å². The van der Waals surface area contributed by atoms with Crippen LogP contribution in [-0.2, 0) is 28.5 Å². The van der Waals surface area contributed by atoms with Crippen molar-refractivity contribution in [2.24, 2.45) is 0 Å². The number of hydrogen-bond acceptors (Lipinski definition) is 11. The van der Waals surface area contributed by atoms with Crippen LogP contribution in [-0.4, -0.2) is 101 Å². The monoisotopic (exact) mass is 404 g/mol. The lowest BCUT2D eigenvalue weighted by Gasteiger charge is -2.43. The van der Waals surface area contributed by atoms with Crippen molar-refractivity contribution in [3.05, 3.63) is 22.8 Å². The van der Waals surface area contributed by atoms with Gasteiger partial charge < -0.3 is 49.2 Å². The number of aliphatic hydroxyl groups is 5. The third kappa shape index (κ3) is 3.61. The molecule has 0 spiro atoms. The van der Waals surface area contributed by atoms with Gasteiger partial charge in [0.15, 0.2) is 18.9 Å². The van der Waals surface area contributed by atoms with E-state index < -0.39 is 62.0 Å². The van der Waals surface area contributed by atoms with Gasteiger partial charge in [-0.3, -0.25) is 0 Å². The van der Waals surface area contributed by atoms with Crippen molar-refractivity contribution in [2.75, 3.05) is 20.3 Å². The summed E-state index contributed by atoms with van der Waals surface area (Å²) in [7, 11) is 1.29. The topological polar surface area (TPSA) is 164 Å². The van der Waals surface area contributed by atoms with Crippen molar-refractivity contribution in [2.45, 2.75) is 56.3 Å². The highest BCUT2D eigenvalue weighted by Crippen LogP contribution is 2.38. The second-order valence-corrected chi connectivity index (χ2v) is 6.55. The van der Waals surface area contributed by atoms with E-state index in [9.17, 15) is 30.3 Å². The summed E-state index contributed by atoms with van der Waals surface area (Å²) in [6.07, 6.45) is -9.48. The maximum absolute atomic E-state index is 12.1. The molecular formula is C17H24O11. The highest BCUT2D eigenvalue weighted by Gasteiger charge is 2.48. The maximum Gasteiger partial charge on any atom is 0.339 e. The molecule has 0 saturated carbocycles. The molecule has 3 aliphatic heterocycles. The molecule has 28 heavy (non-hydrogen) atoms. The second-order valence-electron chi connectivity index (χ2n) is 6.55. The fourth-order valence-corrected chi connectivity index (χ4v) is 3.43. The lowest BCUT2D eigenvalue weighted by Crippen LogP contribution is -2.60. The summed E-state index contributed by atoms with van der Waals surface area (Å²) in [6, 6.07) is 0. The summed E-state index contributed by atoms with van der Waals surface area (Å²) in [5.41, 5.74) is 0.527. The predicted molar refractivity (Wildman–Crippen MR) is 88.3 cm³/mol. The molecule has 5 N–H and O–H groups in total. The summed E-state index contributed by atoms with van der Waals surface area (Å²) in [6.45, 7) is 0.762. The molecule has 1 saturated heterocycles. The number of rotatable bonds is 4. The number of allylic oxidation sites excluding steroid dienone is 1. The molecule has 3 aliphatic rings. The fourth-order valence-electron chi connectivity index (χ4n) is 3.43. The van der Waals surface area contributed by atoms with E-state index in [4.69, 9.17) is 23.7 Å².